The summed E-state index contributed by atoms with van der Waals surface area (Å²) in [5, 5.41) is 11.1. The van der Waals surface area contributed by atoms with Crippen molar-refractivity contribution < 1.29 is 9.90 Å². The molecule has 0 bridgehead atoms. The van der Waals surface area contributed by atoms with Gasteiger partial charge in [0.2, 0.25) is 5.91 Å². The topological polar surface area (TPSA) is 93.2 Å². The Hall–Kier alpha value is -5.08. The summed E-state index contributed by atoms with van der Waals surface area (Å²) < 4.78 is 3.39. The van der Waals surface area contributed by atoms with Gasteiger partial charge in [0.05, 0.1) is 34.0 Å². The minimum atomic E-state index is -0.470. The number of aliphatic hydroxyl groups is 1. The van der Waals surface area contributed by atoms with Crippen LogP contribution in [0.4, 0.5) is 0 Å². The molecular formula is C33H27N5O3. The minimum Gasteiger partial charge on any atom is -0.387 e. The van der Waals surface area contributed by atoms with E-state index in [0.717, 1.165) is 60.8 Å². The van der Waals surface area contributed by atoms with Gasteiger partial charge in [0.1, 0.15) is 6.61 Å². The van der Waals surface area contributed by atoms with Crippen LogP contribution in [0.3, 0.4) is 0 Å². The Kier molecular flexibility index (Phi) is 5.98. The second-order valence-electron chi connectivity index (χ2n) is 10.3. The first-order valence-corrected chi connectivity index (χ1v) is 13.6. The Balaban J connectivity index is 1.32. The van der Waals surface area contributed by atoms with Crippen LogP contribution in [0.2, 0.25) is 0 Å². The molecule has 3 aromatic heterocycles. The number of aryl methyl sites for hydroxylation is 1. The van der Waals surface area contributed by atoms with Crippen molar-refractivity contribution in [1.82, 2.24) is 24.0 Å². The maximum absolute atomic E-state index is 13.6. The number of pyridine rings is 2. The number of fused-ring (bicyclic) bond motifs is 4. The Morgan fingerprint density at radius 1 is 0.902 bits per heavy atom. The van der Waals surface area contributed by atoms with Crippen LogP contribution in [0.1, 0.15) is 12.0 Å². The highest BCUT2D eigenvalue weighted by Gasteiger charge is 2.19. The van der Waals surface area contributed by atoms with E-state index < -0.39 is 6.61 Å². The number of aliphatic hydroxyl groups excluding tert-OH is 1. The van der Waals surface area contributed by atoms with Crippen LogP contribution in [0.5, 0.6) is 0 Å². The first-order valence-electron chi connectivity index (χ1n) is 13.6. The number of carbonyl (C=O) groups is 1. The quantitative estimate of drug-likeness (QED) is 0.349. The molecule has 0 saturated heterocycles. The smallest absolute Gasteiger partial charge is 0.333 e. The van der Waals surface area contributed by atoms with Gasteiger partial charge >= 0.3 is 5.69 Å². The fraction of sp³-hybridized carbons (Fsp3) is 0.152. The highest BCUT2D eigenvalue weighted by atomic mass is 16.3. The van der Waals surface area contributed by atoms with Crippen molar-refractivity contribution in [2.45, 2.75) is 6.42 Å². The van der Waals surface area contributed by atoms with Crippen LogP contribution in [0.25, 0.3) is 55.2 Å². The normalized spacial score (nSPS) is 13.7. The Labute approximate surface area is 235 Å². The van der Waals surface area contributed by atoms with E-state index in [1.54, 1.807) is 27.3 Å². The second-order valence-corrected chi connectivity index (χ2v) is 10.3. The molecule has 6 aromatic rings. The zero-order chi connectivity index (χ0) is 28.1. The van der Waals surface area contributed by atoms with Gasteiger partial charge in [0, 0.05) is 42.7 Å². The molecule has 8 heteroatoms. The van der Waals surface area contributed by atoms with Gasteiger partial charge in [-0.1, -0.05) is 42.5 Å². The molecular weight excluding hydrogens is 514 g/mol. The van der Waals surface area contributed by atoms with E-state index >= 15 is 0 Å². The molecule has 0 unspecified atom stereocenters. The first-order chi connectivity index (χ1) is 20.0. The van der Waals surface area contributed by atoms with Gasteiger partial charge in [-0.05, 0) is 59.5 Å². The minimum absolute atomic E-state index is 0.144. The Bertz CT molecular complexity index is 2070. The molecule has 8 nitrogen and oxygen atoms in total. The predicted octanol–water partition coefficient (Wildman–Crippen LogP) is 4.70. The number of hydrogen-bond acceptors (Lipinski definition) is 5. The summed E-state index contributed by atoms with van der Waals surface area (Å²) in [7, 11) is 1.77. The molecule has 0 atom stereocenters. The summed E-state index contributed by atoms with van der Waals surface area (Å²) in [6, 6.07) is 24.3. The average Bonchev–Trinajstić information content (AvgIpc) is 3.29. The maximum Gasteiger partial charge on any atom is 0.333 e. The van der Waals surface area contributed by atoms with Crippen molar-refractivity contribution >= 4 is 44.3 Å². The van der Waals surface area contributed by atoms with Crippen molar-refractivity contribution in [3.63, 3.8) is 0 Å². The number of imidazole rings is 1. The predicted molar refractivity (Wildman–Crippen MR) is 161 cm³/mol. The standard InChI is InChI=1S/C33H27N5O3/c1-36-30-19-35-29-11-8-23(25-16-24-4-2-3-5-28(24)34-18-25)17-27(29)32(30)38(33(36)41)26-9-6-21(7-10-26)22-12-14-37(15-13-22)31(40)20-39/h2-12,16-19,39H,13-15,20H2,1H3. The number of carbonyl (C=O) groups excluding carboxylic acids is 1. The lowest BCUT2D eigenvalue weighted by molar-refractivity contribution is -0.133. The number of hydrogen-bond donors (Lipinski definition) is 1. The van der Waals surface area contributed by atoms with Gasteiger partial charge in [0.15, 0.2) is 0 Å². The molecule has 0 fully saturated rings. The lowest BCUT2D eigenvalue weighted by Crippen LogP contribution is -2.36. The fourth-order valence-corrected chi connectivity index (χ4v) is 5.73. The molecule has 1 amide bonds. The van der Waals surface area contributed by atoms with Crippen molar-refractivity contribution in [3.05, 3.63) is 107 Å². The molecule has 1 N–H and O–H groups in total. The van der Waals surface area contributed by atoms with Crippen molar-refractivity contribution in [3.8, 4) is 16.8 Å². The second kappa shape index (κ2) is 9.83. The third-order valence-corrected chi connectivity index (χ3v) is 8.00. The van der Waals surface area contributed by atoms with E-state index in [-0.39, 0.29) is 11.6 Å². The van der Waals surface area contributed by atoms with Crippen molar-refractivity contribution in [1.29, 1.82) is 0 Å². The molecule has 3 aromatic carbocycles. The van der Waals surface area contributed by atoms with Crippen LogP contribution in [0, 0.1) is 0 Å². The number of rotatable bonds is 4. The van der Waals surface area contributed by atoms with Gasteiger partial charge in [-0.15, -0.1) is 0 Å². The van der Waals surface area contributed by atoms with Crippen LogP contribution in [0.15, 0.2) is 96.1 Å². The van der Waals surface area contributed by atoms with Crippen molar-refractivity contribution in [2.75, 3.05) is 19.7 Å². The highest BCUT2D eigenvalue weighted by molar-refractivity contribution is 6.05. The third kappa shape index (κ3) is 4.20. The third-order valence-electron chi connectivity index (χ3n) is 8.00. The number of para-hydroxylation sites is 1. The van der Waals surface area contributed by atoms with Crippen LogP contribution < -0.4 is 5.69 Å². The largest absolute Gasteiger partial charge is 0.387 e. The lowest BCUT2D eigenvalue weighted by atomic mass is 9.99. The van der Waals surface area contributed by atoms with Gasteiger partial charge in [-0.3, -0.25) is 23.9 Å². The van der Waals surface area contributed by atoms with Gasteiger partial charge in [-0.2, -0.15) is 0 Å². The molecule has 0 radical (unpaired) electrons. The van der Waals surface area contributed by atoms with Crippen molar-refractivity contribution in [2.24, 2.45) is 7.05 Å². The van der Waals surface area contributed by atoms with E-state index in [1.807, 2.05) is 66.9 Å². The van der Waals surface area contributed by atoms with Gasteiger partial charge in [-0.25, -0.2) is 4.79 Å². The summed E-state index contributed by atoms with van der Waals surface area (Å²) in [5.41, 5.74) is 8.13. The zero-order valence-electron chi connectivity index (χ0n) is 22.5. The number of amides is 1. The lowest BCUT2D eigenvalue weighted by Gasteiger charge is -2.26. The van der Waals surface area contributed by atoms with Crippen LogP contribution in [-0.4, -0.2) is 54.7 Å². The van der Waals surface area contributed by atoms with E-state index in [2.05, 4.69) is 28.2 Å². The van der Waals surface area contributed by atoms with E-state index in [4.69, 9.17) is 5.11 Å². The summed E-state index contributed by atoms with van der Waals surface area (Å²) >= 11 is 0. The summed E-state index contributed by atoms with van der Waals surface area (Å²) in [6.07, 6.45) is 6.38. The Morgan fingerprint density at radius 3 is 2.46 bits per heavy atom. The summed E-state index contributed by atoms with van der Waals surface area (Å²) in [4.78, 5) is 36.3. The SMILES string of the molecule is Cn1c(=O)n(-c2ccc(C3=CCN(C(=O)CO)CC3)cc2)c2c3cc(-c4cnc5ccccc5c4)ccc3ncc21. The average molecular weight is 542 g/mol. The van der Waals surface area contributed by atoms with Gasteiger partial charge in [0.25, 0.3) is 0 Å². The van der Waals surface area contributed by atoms with E-state index in [1.165, 1.54) is 0 Å². The van der Waals surface area contributed by atoms with Gasteiger partial charge < -0.3 is 10.0 Å². The molecule has 4 heterocycles. The molecule has 0 spiro atoms. The summed E-state index contributed by atoms with van der Waals surface area (Å²) in [6.45, 7) is 0.583. The number of aromatic nitrogens is 4. The maximum atomic E-state index is 13.6. The zero-order valence-corrected chi connectivity index (χ0v) is 22.5. The molecule has 1 aliphatic rings. The number of benzene rings is 3. The first kappa shape index (κ1) is 24.9. The molecule has 202 valence electrons. The highest BCUT2D eigenvalue weighted by Crippen LogP contribution is 2.31. The molecule has 1 aliphatic heterocycles. The summed E-state index contributed by atoms with van der Waals surface area (Å²) in [5.74, 6) is -0.257. The molecule has 41 heavy (non-hydrogen) atoms. The molecule has 0 saturated carbocycles. The van der Waals surface area contributed by atoms with Crippen LogP contribution in [-0.2, 0) is 11.8 Å². The van der Waals surface area contributed by atoms with E-state index in [9.17, 15) is 9.59 Å². The number of nitrogens with zero attached hydrogens (tertiary/aromatic N) is 5. The monoisotopic (exact) mass is 541 g/mol. The fourth-order valence-electron chi connectivity index (χ4n) is 5.73. The molecule has 7 rings (SSSR count). The van der Waals surface area contributed by atoms with E-state index in [0.29, 0.717) is 19.5 Å². The van der Waals surface area contributed by atoms with Crippen LogP contribution >= 0.6 is 0 Å². The Morgan fingerprint density at radius 2 is 1.68 bits per heavy atom. The molecule has 0 aliphatic carbocycles.